The van der Waals surface area contributed by atoms with E-state index in [9.17, 15) is 0 Å². The predicted octanol–water partition coefficient (Wildman–Crippen LogP) is 9.20. The molecule has 9 rings (SSSR count). The molecular formula is C44H37NO4. The Morgan fingerprint density at radius 1 is 0.694 bits per heavy atom. The highest BCUT2D eigenvalue weighted by molar-refractivity contribution is 6.09. The lowest BCUT2D eigenvalue weighted by Crippen LogP contribution is -2.36. The Hall–Kier alpha value is -5.52. The van der Waals surface area contributed by atoms with Crippen LogP contribution in [0.3, 0.4) is 0 Å². The van der Waals surface area contributed by atoms with E-state index in [1.165, 1.54) is 38.9 Å². The molecule has 5 heteroatoms. The van der Waals surface area contributed by atoms with E-state index < -0.39 is 5.60 Å². The largest absolute Gasteiger partial charge is 0.497 e. The van der Waals surface area contributed by atoms with Crippen molar-refractivity contribution < 1.29 is 18.9 Å². The van der Waals surface area contributed by atoms with Crippen molar-refractivity contribution in [2.24, 2.45) is 0 Å². The number of methoxy groups -OCH3 is 2. The van der Waals surface area contributed by atoms with Gasteiger partial charge in [-0.3, -0.25) is 0 Å². The maximum absolute atomic E-state index is 7.59. The first-order chi connectivity index (χ1) is 24.2. The van der Waals surface area contributed by atoms with Gasteiger partial charge < -0.3 is 23.8 Å². The van der Waals surface area contributed by atoms with Gasteiger partial charge in [0.25, 0.3) is 0 Å². The fourth-order valence-corrected chi connectivity index (χ4v) is 8.04. The average molecular weight is 644 g/mol. The summed E-state index contributed by atoms with van der Waals surface area (Å²) in [6, 6.07) is 43.2. The molecule has 6 aromatic carbocycles. The van der Waals surface area contributed by atoms with Crippen molar-refractivity contribution in [2.75, 3.05) is 45.4 Å². The van der Waals surface area contributed by atoms with Crippen LogP contribution in [-0.2, 0) is 10.3 Å². The van der Waals surface area contributed by atoms with Crippen LogP contribution in [0.2, 0.25) is 0 Å². The smallest absolute Gasteiger partial charge is 0.178 e. The predicted molar refractivity (Wildman–Crippen MR) is 196 cm³/mol. The van der Waals surface area contributed by atoms with Crippen molar-refractivity contribution in [2.45, 2.75) is 11.5 Å². The van der Waals surface area contributed by atoms with Gasteiger partial charge in [0, 0.05) is 46.8 Å². The molecule has 1 fully saturated rings. The fraction of sp³-hybridized carbons (Fsp3) is 0.182. The second kappa shape index (κ2) is 11.9. The molecule has 6 aromatic rings. The quantitative estimate of drug-likeness (QED) is 0.181. The number of hydrogen-bond acceptors (Lipinski definition) is 5. The van der Waals surface area contributed by atoms with E-state index in [1.807, 2.05) is 24.3 Å². The number of anilines is 1. The van der Waals surface area contributed by atoms with Gasteiger partial charge in [-0.1, -0.05) is 91.0 Å². The highest BCUT2D eigenvalue weighted by atomic mass is 16.5. The number of nitrogens with zero attached hydrogens (tertiary/aromatic N) is 1. The van der Waals surface area contributed by atoms with E-state index in [0.29, 0.717) is 0 Å². The lowest BCUT2D eigenvalue weighted by atomic mass is 9.80. The molecule has 3 aliphatic rings. The summed E-state index contributed by atoms with van der Waals surface area (Å²) in [7, 11) is 3.39. The fourth-order valence-electron chi connectivity index (χ4n) is 8.04. The number of benzene rings is 6. The normalized spacial score (nSPS) is 17.2. The molecule has 1 unspecified atom stereocenters. The molecule has 1 atom stereocenters. The van der Waals surface area contributed by atoms with Crippen LogP contribution in [-0.4, -0.2) is 40.5 Å². The van der Waals surface area contributed by atoms with Gasteiger partial charge in [-0.05, 0) is 75.7 Å². The zero-order chi connectivity index (χ0) is 33.0. The number of hydrogen-bond donors (Lipinski definition) is 0. The van der Waals surface area contributed by atoms with Crippen molar-refractivity contribution in [3.05, 3.63) is 161 Å². The monoisotopic (exact) mass is 643 g/mol. The van der Waals surface area contributed by atoms with Crippen LogP contribution >= 0.6 is 0 Å². The second-order valence-corrected chi connectivity index (χ2v) is 12.9. The minimum absolute atomic E-state index is 0.0761. The molecule has 0 saturated carbocycles. The van der Waals surface area contributed by atoms with Gasteiger partial charge in [-0.15, -0.1) is 0 Å². The summed E-state index contributed by atoms with van der Waals surface area (Å²) in [4.78, 5) is 2.42. The highest BCUT2D eigenvalue weighted by Gasteiger charge is 2.42. The SMILES string of the molecule is COc1ccc(C2(c3ccc(OC)cc3)C=Cc3c4c(c5ccc(N6CCOCC6)cc5c3O2)-c2ccccc2C4c2ccccc2)cc1. The van der Waals surface area contributed by atoms with Crippen molar-refractivity contribution in [3.8, 4) is 28.4 Å². The zero-order valence-corrected chi connectivity index (χ0v) is 27.7. The molecule has 2 heterocycles. The maximum Gasteiger partial charge on any atom is 0.178 e. The third-order valence-corrected chi connectivity index (χ3v) is 10.4. The standard InChI is InChI=1S/C44H37NO4/c1-46-33-17-12-30(13-18-33)44(31-14-19-34(47-2)20-15-31)23-22-38-42-40(29-8-4-3-5-9-29)35-10-6-7-11-36(35)41(42)37-21-16-32(28-39(37)43(38)49-44)45-24-26-48-27-25-45/h3-23,28,40H,24-27H2,1-2H3. The second-order valence-electron chi connectivity index (χ2n) is 12.9. The average Bonchev–Trinajstić information content (AvgIpc) is 3.54. The minimum Gasteiger partial charge on any atom is -0.497 e. The first-order valence-corrected chi connectivity index (χ1v) is 17.0. The Labute approximate surface area is 286 Å². The van der Waals surface area contributed by atoms with Crippen LogP contribution in [0.5, 0.6) is 17.2 Å². The van der Waals surface area contributed by atoms with Crippen molar-refractivity contribution in [1.82, 2.24) is 0 Å². The summed E-state index contributed by atoms with van der Waals surface area (Å²) in [6.07, 6.45) is 4.55. The van der Waals surface area contributed by atoms with Gasteiger partial charge in [0.15, 0.2) is 5.60 Å². The van der Waals surface area contributed by atoms with Crippen LogP contribution in [0.25, 0.3) is 28.0 Å². The van der Waals surface area contributed by atoms with Gasteiger partial charge >= 0.3 is 0 Å². The third kappa shape index (κ3) is 4.72. The van der Waals surface area contributed by atoms with Crippen LogP contribution in [0.4, 0.5) is 5.69 Å². The van der Waals surface area contributed by atoms with Crippen LogP contribution < -0.4 is 19.1 Å². The molecule has 0 aromatic heterocycles. The molecule has 49 heavy (non-hydrogen) atoms. The molecule has 1 saturated heterocycles. The lowest BCUT2D eigenvalue weighted by Gasteiger charge is -2.38. The molecule has 0 spiro atoms. The molecule has 0 amide bonds. The van der Waals surface area contributed by atoms with Crippen molar-refractivity contribution >= 4 is 22.5 Å². The highest BCUT2D eigenvalue weighted by Crippen LogP contribution is 2.58. The van der Waals surface area contributed by atoms with Crippen LogP contribution in [0.15, 0.2) is 127 Å². The van der Waals surface area contributed by atoms with Gasteiger partial charge in [-0.2, -0.15) is 0 Å². The summed E-state index contributed by atoms with van der Waals surface area (Å²) < 4.78 is 24.4. The van der Waals surface area contributed by atoms with E-state index in [0.717, 1.165) is 65.6 Å². The van der Waals surface area contributed by atoms with E-state index in [1.54, 1.807) is 14.2 Å². The van der Waals surface area contributed by atoms with Crippen molar-refractivity contribution in [1.29, 1.82) is 0 Å². The maximum atomic E-state index is 7.59. The summed E-state index contributed by atoms with van der Waals surface area (Å²) in [6.45, 7) is 3.17. The molecule has 0 bridgehead atoms. The topological polar surface area (TPSA) is 40.2 Å². The van der Waals surface area contributed by atoms with E-state index in [-0.39, 0.29) is 5.92 Å². The minimum atomic E-state index is -0.893. The Morgan fingerprint density at radius 2 is 1.35 bits per heavy atom. The summed E-state index contributed by atoms with van der Waals surface area (Å²) in [5, 5.41) is 2.31. The van der Waals surface area contributed by atoms with Crippen molar-refractivity contribution in [3.63, 3.8) is 0 Å². The Balaban J connectivity index is 1.34. The molecule has 0 radical (unpaired) electrons. The lowest BCUT2D eigenvalue weighted by molar-refractivity contribution is 0.122. The van der Waals surface area contributed by atoms with Gasteiger partial charge in [0.2, 0.25) is 0 Å². The van der Waals surface area contributed by atoms with Gasteiger partial charge in [0.05, 0.1) is 27.4 Å². The number of fused-ring (bicyclic) bond motifs is 8. The van der Waals surface area contributed by atoms with Gasteiger partial charge in [-0.25, -0.2) is 0 Å². The van der Waals surface area contributed by atoms with Crippen LogP contribution in [0.1, 0.15) is 39.3 Å². The number of ether oxygens (including phenoxy) is 4. The Morgan fingerprint density at radius 3 is 2.02 bits per heavy atom. The summed E-state index contributed by atoms with van der Waals surface area (Å²) in [5.74, 6) is 2.57. The molecule has 1 aliphatic carbocycles. The third-order valence-electron chi connectivity index (χ3n) is 10.4. The first-order valence-electron chi connectivity index (χ1n) is 17.0. The van der Waals surface area contributed by atoms with Crippen LogP contribution in [0, 0.1) is 0 Å². The van der Waals surface area contributed by atoms with E-state index in [4.69, 9.17) is 18.9 Å². The Bertz CT molecular complexity index is 2150. The molecule has 5 nitrogen and oxygen atoms in total. The Kier molecular flexibility index (Phi) is 7.17. The molecule has 2 aliphatic heterocycles. The van der Waals surface area contributed by atoms with Gasteiger partial charge in [0.1, 0.15) is 17.2 Å². The first kappa shape index (κ1) is 29.6. The molecule has 0 N–H and O–H groups in total. The number of rotatable bonds is 6. The molecule has 242 valence electrons. The summed E-state index contributed by atoms with van der Waals surface area (Å²) >= 11 is 0. The van der Waals surface area contributed by atoms with E-state index >= 15 is 0 Å². The zero-order valence-electron chi connectivity index (χ0n) is 27.7. The van der Waals surface area contributed by atoms with E-state index in [2.05, 4.69) is 114 Å². The number of morpholine rings is 1. The molecular weight excluding hydrogens is 606 g/mol. The summed E-state index contributed by atoms with van der Waals surface area (Å²) in [5.41, 5.74) is 9.92.